The molecule has 26 heavy (non-hydrogen) atoms. The molecule has 9 heteroatoms. The Hall–Kier alpha value is -2.09. The van der Waals surface area contributed by atoms with E-state index in [0.717, 1.165) is 17.0 Å². The first kappa shape index (κ1) is 18.7. The van der Waals surface area contributed by atoms with E-state index in [1.807, 2.05) is 55.2 Å². The van der Waals surface area contributed by atoms with E-state index in [1.54, 1.807) is 4.68 Å². The molecular weight excluding hydrogens is 391 g/mol. The fraction of sp³-hybridized carbons (Fsp3) is 0.235. The molecule has 2 heterocycles. The Balaban J connectivity index is 1.58. The van der Waals surface area contributed by atoms with E-state index in [-0.39, 0.29) is 0 Å². The van der Waals surface area contributed by atoms with Gasteiger partial charge in [0.25, 0.3) is 0 Å². The lowest BCUT2D eigenvalue weighted by atomic mass is 10.2. The number of hydrogen-bond acceptors (Lipinski definition) is 3. The van der Waals surface area contributed by atoms with Crippen molar-refractivity contribution in [3.63, 3.8) is 0 Å². The summed E-state index contributed by atoms with van der Waals surface area (Å²) < 4.78 is 3.58. The number of benzene rings is 1. The van der Waals surface area contributed by atoms with Gasteiger partial charge in [-0.05, 0) is 37.3 Å². The Morgan fingerprint density at radius 1 is 1.19 bits per heavy atom. The molecule has 3 aromatic rings. The van der Waals surface area contributed by atoms with Gasteiger partial charge >= 0.3 is 0 Å². The topological polar surface area (TPSA) is 59.7 Å². The maximum Gasteiger partial charge on any atom is 0.172 e. The van der Waals surface area contributed by atoms with Crippen LogP contribution < -0.4 is 10.6 Å². The van der Waals surface area contributed by atoms with Gasteiger partial charge in [-0.15, -0.1) is 0 Å². The minimum atomic E-state index is 0.481. The first-order valence-electron chi connectivity index (χ1n) is 7.93. The molecule has 3 rings (SSSR count). The van der Waals surface area contributed by atoms with Gasteiger partial charge in [-0.2, -0.15) is 10.2 Å². The number of halogens is 2. The van der Waals surface area contributed by atoms with Crippen molar-refractivity contribution in [2.75, 3.05) is 5.32 Å². The van der Waals surface area contributed by atoms with Crippen molar-refractivity contribution in [3.8, 4) is 0 Å². The third kappa shape index (κ3) is 4.55. The second kappa shape index (κ2) is 8.07. The van der Waals surface area contributed by atoms with Crippen LogP contribution in [0.5, 0.6) is 0 Å². The van der Waals surface area contributed by atoms with Gasteiger partial charge in [0.05, 0.1) is 24.5 Å². The van der Waals surface area contributed by atoms with Crippen LogP contribution in [0.4, 0.5) is 5.82 Å². The maximum absolute atomic E-state index is 6.21. The predicted octanol–water partition coefficient (Wildman–Crippen LogP) is 3.77. The monoisotopic (exact) mass is 408 g/mol. The minimum absolute atomic E-state index is 0.481. The van der Waals surface area contributed by atoms with Gasteiger partial charge in [0, 0.05) is 34.9 Å². The van der Waals surface area contributed by atoms with E-state index < -0.39 is 0 Å². The van der Waals surface area contributed by atoms with E-state index in [9.17, 15) is 0 Å². The van der Waals surface area contributed by atoms with Crippen molar-refractivity contribution in [1.29, 1.82) is 0 Å². The second-order valence-electron chi connectivity index (χ2n) is 5.81. The Kier molecular flexibility index (Phi) is 5.80. The molecule has 0 fully saturated rings. The summed E-state index contributed by atoms with van der Waals surface area (Å²) in [6.45, 7) is 3.02. The summed E-state index contributed by atoms with van der Waals surface area (Å²) in [7, 11) is 1.90. The molecule has 0 unspecified atom stereocenters. The van der Waals surface area contributed by atoms with Crippen molar-refractivity contribution >= 4 is 46.4 Å². The zero-order chi connectivity index (χ0) is 18.7. The van der Waals surface area contributed by atoms with Crippen molar-refractivity contribution in [3.05, 3.63) is 63.5 Å². The third-order valence-electron chi connectivity index (χ3n) is 3.79. The summed E-state index contributed by atoms with van der Waals surface area (Å²) in [6.07, 6.45) is 1.84. The van der Waals surface area contributed by atoms with Crippen LogP contribution in [0, 0.1) is 6.92 Å². The number of thiocarbonyl (C=S) groups is 1. The number of nitrogens with one attached hydrogen (secondary N) is 2. The molecule has 0 spiro atoms. The third-order valence-corrected chi connectivity index (χ3v) is 4.75. The SMILES string of the molecule is Cc1cc(CNC(=S)Nc2ccn(Cc3c(Cl)cccc3Cl)n2)n(C)n1. The summed E-state index contributed by atoms with van der Waals surface area (Å²) >= 11 is 17.7. The summed E-state index contributed by atoms with van der Waals surface area (Å²) in [6, 6.07) is 9.29. The number of nitrogens with zero attached hydrogens (tertiary/aromatic N) is 4. The Morgan fingerprint density at radius 2 is 1.92 bits per heavy atom. The van der Waals surface area contributed by atoms with E-state index in [4.69, 9.17) is 35.4 Å². The van der Waals surface area contributed by atoms with Crippen LogP contribution in [0.2, 0.25) is 10.0 Å². The molecule has 0 aliphatic rings. The number of anilines is 1. The highest BCUT2D eigenvalue weighted by atomic mass is 35.5. The number of aromatic nitrogens is 4. The normalized spacial score (nSPS) is 10.8. The van der Waals surface area contributed by atoms with E-state index >= 15 is 0 Å². The van der Waals surface area contributed by atoms with Crippen molar-refractivity contribution in [2.24, 2.45) is 7.05 Å². The highest BCUT2D eigenvalue weighted by Gasteiger charge is 2.08. The van der Waals surface area contributed by atoms with Gasteiger partial charge in [0.15, 0.2) is 10.9 Å². The molecule has 2 aromatic heterocycles. The summed E-state index contributed by atoms with van der Waals surface area (Å²) in [5, 5.41) is 16.7. The van der Waals surface area contributed by atoms with Crippen LogP contribution in [0.25, 0.3) is 0 Å². The molecule has 0 aliphatic heterocycles. The van der Waals surface area contributed by atoms with Crippen molar-refractivity contribution in [2.45, 2.75) is 20.0 Å². The van der Waals surface area contributed by atoms with Crippen LogP contribution in [0.3, 0.4) is 0 Å². The number of hydrogen-bond donors (Lipinski definition) is 2. The van der Waals surface area contributed by atoms with Crippen LogP contribution in [0.1, 0.15) is 17.0 Å². The summed E-state index contributed by atoms with van der Waals surface area (Å²) in [5.41, 5.74) is 2.85. The number of aryl methyl sites for hydroxylation is 2. The largest absolute Gasteiger partial charge is 0.357 e. The van der Waals surface area contributed by atoms with Crippen LogP contribution in [-0.4, -0.2) is 24.7 Å². The lowest BCUT2D eigenvalue weighted by Crippen LogP contribution is -2.29. The molecule has 0 amide bonds. The van der Waals surface area contributed by atoms with E-state index in [1.165, 1.54) is 0 Å². The number of rotatable bonds is 5. The van der Waals surface area contributed by atoms with E-state index in [2.05, 4.69) is 20.8 Å². The molecule has 1 aromatic carbocycles. The predicted molar refractivity (Wildman–Crippen MR) is 109 cm³/mol. The zero-order valence-corrected chi connectivity index (χ0v) is 16.7. The standard InChI is InChI=1S/C17H18Cl2N6S/c1-11-8-12(24(2)22-11)9-20-17(26)21-16-6-7-25(23-16)10-13-14(18)4-3-5-15(13)19/h3-8H,9-10H2,1-2H3,(H2,20,21,23,26). The molecule has 0 atom stereocenters. The molecule has 0 aliphatic carbocycles. The summed E-state index contributed by atoms with van der Waals surface area (Å²) in [5.74, 6) is 0.645. The second-order valence-corrected chi connectivity index (χ2v) is 7.03. The molecule has 0 saturated carbocycles. The molecule has 6 nitrogen and oxygen atoms in total. The first-order valence-corrected chi connectivity index (χ1v) is 9.09. The lowest BCUT2D eigenvalue weighted by Gasteiger charge is -2.09. The smallest absolute Gasteiger partial charge is 0.172 e. The maximum atomic E-state index is 6.21. The highest BCUT2D eigenvalue weighted by Crippen LogP contribution is 2.25. The Bertz CT molecular complexity index is 913. The molecule has 2 N–H and O–H groups in total. The quantitative estimate of drug-likeness (QED) is 0.629. The first-order chi connectivity index (χ1) is 12.4. The molecule has 136 valence electrons. The average molecular weight is 409 g/mol. The molecule has 0 saturated heterocycles. The van der Waals surface area contributed by atoms with Crippen LogP contribution >= 0.6 is 35.4 Å². The Labute approximate surface area is 167 Å². The molecular formula is C17H18Cl2N6S. The average Bonchev–Trinajstić information content (AvgIpc) is 3.15. The van der Waals surface area contributed by atoms with Gasteiger partial charge in [-0.3, -0.25) is 9.36 Å². The van der Waals surface area contributed by atoms with Gasteiger partial charge < -0.3 is 10.6 Å². The fourth-order valence-electron chi connectivity index (χ4n) is 2.52. The summed E-state index contributed by atoms with van der Waals surface area (Å²) in [4.78, 5) is 0. The van der Waals surface area contributed by atoms with Crippen molar-refractivity contribution in [1.82, 2.24) is 24.9 Å². The van der Waals surface area contributed by atoms with Gasteiger partial charge in [0.1, 0.15) is 0 Å². The lowest BCUT2D eigenvalue weighted by molar-refractivity contribution is 0.686. The van der Waals surface area contributed by atoms with Gasteiger partial charge in [-0.1, -0.05) is 29.3 Å². The molecule has 0 bridgehead atoms. The van der Waals surface area contributed by atoms with Crippen LogP contribution in [-0.2, 0) is 20.1 Å². The minimum Gasteiger partial charge on any atom is -0.357 e. The van der Waals surface area contributed by atoms with E-state index in [0.29, 0.717) is 34.1 Å². The van der Waals surface area contributed by atoms with Crippen LogP contribution in [0.15, 0.2) is 36.5 Å². The van der Waals surface area contributed by atoms with Gasteiger partial charge in [0.2, 0.25) is 0 Å². The van der Waals surface area contributed by atoms with Gasteiger partial charge in [-0.25, -0.2) is 0 Å². The highest BCUT2D eigenvalue weighted by molar-refractivity contribution is 7.80. The zero-order valence-electron chi connectivity index (χ0n) is 14.3. The fourth-order valence-corrected chi connectivity index (χ4v) is 3.22. The van der Waals surface area contributed by atoms with Crippen molar-refractivity contribution < 1.29 is 0 Å². The Morgan fingerprint density at radius 3 is 2.58 bits per heavy atom. The molecule has 0 radical (unpaired) electrons.